The molecule has 0 saturated heterocycles. The summed E-state index contributed by atoms with van der Waals surface area (Å²) in [5.74, 6) is 1.01. The molecule has 1 N–H and O–H groups in total. The number of hydrogen-bond donors (Lipinski definition) is 1. The van der Waals surface area contributed by atoms with Crippen LogP contribution in [0.2, 0.25) is 0 Å². The molecular weight excluding hydrogens is 172 g/mol. The first-order valence-corrected chi connectivity index (χ1v) is 5.98. The monoisotopic (exact) mass is 198 g/mol. The molecule has 1 aliphatic carbocycles. The summed E-state index contributed by atoms with van der Waals surface area (Å²) >= 11 is 0. The van der Waals surface area contributed by atoms with Crippen molar-refractivity contribution in [2.45, 2.75) is 45.6 Å². The van der Waals surface area contributed by atoms with Crippen molar-refractivity contribution in [1.29, 1.82) is 0 Å². The zero-order valence-corrected chi connectivity index (χ0v) is 10.3. The maximum Gasteiger partial charge on any atom is 0.0249 e. The van der Waals surface area contributed by atoms with E-state index in [1.165, 1.54) is 38.9 Å². The van der Waals surface area contributed by atoms with E-state index < -0.39 is 0 Å². The molecule has 84 valence electrons. The SMILES string of the molecule is CCCN(CC1CC1)CC(C)(C)NC. The van der Waals surface area contributed by atoms with E-state index in [2.05, 4.69) is 38.0 Å². The van der Waals surface area contributed by atoms with Crippen LogP contribution in [0, 0.1) is 5.92 Å². The van der Waals surface area contributed by atoms with E-state index in [1.54, 1.807) is 0 Å². The predicted molar refractivity (Wildman–Crippen MR) is 62.6 cm³/mol. The molecule has 1 fully saturated rings. The minimum atomic E-state index is 0.254. The molecule has 14 heavy (non-hydrogen) atoms. The van der Waals surface area contributed by atoms with Crippen LogP contribution in [0.4, 0.5) is 0 Å². The number of likely N-dealkylation sites (N-methyl/N-ethyl adjacent to an activating group) is 1. The highest BCUT2D eigenvalue weighted by Crippen LogP contribution is 2.30. The molecule has 1 aliphatic rings. The smallest absolute Gasteiger partial charge is 0.0249 e. The summed E-state index contributed by atoms with van der Waals surface area (Å²) in [6, 6.07) is 0. The summed E-state index contributed by atoms with van der Waals surface area (Å²) in [7, 11) is 2.06. The lowest BCUT2D eigenvalue weighted by Crippen LogP contribution is -2.48. The molecule has 0 aromatic rings. The van der Waals surface area contributed by atoms with Gasteiger partial charge in [-0.05, 0) is 52.6 Å². The van der Waals surface area contributed by atoms with E-state index >= 15 is 0 Å². The van der Waals surface area contributed by atoms with Gasteiger partial charge in [0.2, 0.25) is 0 Å². The average molecular weight is 198 g/mol. The Balaban J connectivity index is 2.32. The maximum absolute atomic E-state index is 3.38. The van der Waals surface area contributed by atoms with Crippen LogP contribution in [0.1, 0.15) is 40.0 Å². The van der Waals surface area contributed by atoms with Crippen LogP contribution in [-0.2, 0) is 0 Å². The summed E-state index contributed by atoms with van der Waals surface area (Å²) < 4.78 is 0. The van der Waals surface area contributed by atoms with E-state index in [1.807, 2.05) is 0 Å². The van der Waals surface area contributed by atoms with Crippen LogP contribution in [0.25, 0.3) is 0 Å². The average Bonchev–Trinajstić information content (AvgIpc) is 2.88. The van der Waals surface area contributed by atoms with Gasteiger partial charge in [0.05, 0.1) is 0 Å². The van der Waals surface area contributed by atoms with Gasteiger partial charge < -0.3 is 10.2 Å². The fourth-order valence-corrected chi connectivity index (χ4v) is 1.85. The normalized spacial score (nSPS) is 17.8. The fraction of sp³-hybridized carbons (Fsp3) is 1.00. The molecule has 0 aromatic heterocycles. The maximum atomic E-state index is 3.38. The fourth-order valence-electron chi connectivity index (χ4n) is 1.85. The molecule has 0 atom stereocenters. The first-order chi connectivity index (χ1) is 6.57. The van der Waals surface area contributed by atoms with E-state index in [9.17, 15) is 0 Å². The van der Waals surface area contributed by atoms with Gasteiger partial charge in [0.25, 0.3) is 0 Å². The van der Waals surface area contributed by atoms with E-state index in [0.717, 1.165) is 5.92 Å². The number of nitrogens with one attached hydrogen (secondary N) is 1. The molecule has 0 heterocycles. The Labute approximate surface area is 89.1 Å². The van der Waals surface area contributed by atoms with Gasteiger partial charge in [-0.25, -0.2) is 0 Å². The van der Waals surface area contributed by atoms with Crippen molar-refractivity contribution in [3.8, 4) is 0 Å². The van der Waals surface area contributed by atoms with Crippen LogP contribution in [-0.4, -0.2) is 37.1 Å². The first-order valence-electron chi connectivity index (χ1n) is 5.98. The Morgan fingerprint density at radius 1 is 1.36 bits per heavy atom. The van der Waals surface area contributed by atoms with Gasteiger partial charge >= 0.3 is 0 Å². The van der Waals surface area contributed by atoms with Gasteiger partial charge in [0, 0.05) is 18.6 Å². The summed E-state index contributed by atoms with van der Waals surface area (Å²) in [5, 5.41) is 3.38. The zero-order valence-electron chi connectivity index (χ0n) is 10.3. The van der Waals surface area contributed by atoms with Crippen molar-refractivity contribution in [1.82, 2.24) is 10.2 Å². The van der Waals surface area contributed by atoms with Gasteiger partial charge in [0.15, 0.2) is 0 Å². The number of hydrogen-bond acceptors (Lipinski definition) is 2. The third-order valence-corrected chi connectivity index (χ3v) is 3.05. The highest BCUT2D eigenvalue weighted by atomic mass is 15.2. The molecular formula is C12H26N2. The summed E-state index contributed by atoms with van der Waals surface area (Å²) in [6.45, 7) is 10.6. The van der Waals surface area contributed by atoms with Gasteiger partial charge in [0.1, 0.15) is 0 Å². The summed E-state index contributed by atoms with van der Waals surface area (Å²) in [4.78, 5) is 2.62. The molecule has 1 rings (SSSR count). The molecule has 0 spiro atoms. The Morgan fingerprint density at radius 2 is 2.00 bits per heavy atom. The third kappa shape index (κ3) is 4.43. The van der Waals surface area contributed by atoms with Crippen molar-refractivity contribution in [2.75, 3.05) is 26.7 Å². The molecule has 1 saturated carbocycles. The summed E-state index contributed by atoms with van der Waals surface area (Å²) in [6.07, 6.45) is 4.19. The molecule has 0 bridgehead atoms. The Bertz CT molecular complexity index is 162. The van der Waals surface area contributed by atoms with Gasteiger partial charge in [-0.2, -0.15) is 0 Å². The molecule has 2 heteroatoms. The van der Waals surface area contributed by atoms with E-state index in [4.69, 9.17) is 0 Å². The van der Waals surface area contributed by atoms with Crippen molar-refractivity contribution in [2.24, 2.45) is 5.92 Å². The van der Waals surface area contributed by atoms with E-state index in [0.29, 0.717) is 0 Å². The molecule has 0 unspecified atom stereocenters. The number of rotatable bonds is 7. The minimum absolute atomic E-state index is 0.254. The van der Waals surface area contributed by atoms with Gasteiger partial charge in [-0.1, -0.05) is 6.92 Å². The quantitative estimate of drug-likeness (QED) is 0.674. The van der Waals surface area contributed by atoms with Gasteiger partial charge in [-0.3, -0.25) is 0 Å². The highest BCUT2D eigenvalue weighted by Gasteiger charge is 2.26. The van der Waals surface area contributed by atoms with Crippen molar-refractivity contribution < 1.29 is 0 Å². The van der Waals surface area contributed by atoms with Crippen LogP contribution >= 0.6 is 0 Å². The summed E-state index contributed by atoms with van der Waals surface area (Å²) in [5.41, 5.74) is 0.254. The second-order valence-electron chi connectivity index (χ2n) is 5.31. The largest absolute Gasteiger partial charge is 0.314 e. The zero-order chi connectivity index (χ0) is 10.6. The van der Waals surface area contributed by atoms with Crippen LogP contribution in [0.5, 0.6) is 0 Å². The first kappa shape index (κ1) is 12.0. The standard InChI is InChI=1S/C12H26N2/c1-5-8-14(9-11-6-7-11)10-12(2,3)13-4/h11,13H,5-10H2,1-4H3. The molecule has 0 aromatic carbocycles. The second-order valence-corrected chi connectivity index (χ2v) is 5.31. The minimum Gasteiger partial charge on any atom is -0.314 e. The lowest BCUT2D eigenvalue weighted by molar-refractivity contribution is 0.200. The van der Waals surface area contributed by atoms with Crippen LogP contribution in [0.3, 0.4) is 0 Å². The number of nitrogens with zero attached hydrogens (tertiary/aromatic N) is 1. The Kier molecular flexibility index (Phi) is 4.39. The Morgan fingerprint density at radius 3 is 2.43 bits per heavy atom. The molecule has 2 nitrogen and oxygen atoms in total. The highest BCUT2D eigenvalue weighted by molar-refractivity contribution is 4.83. The van der Waals surface area contributed by atoms with Crippen molar-refractivity contribution in [3.05, 3.63) is 0 Å². The Hall–Kier alpha value is -0.0800. The topological polar surface area (TPSA) is 15.3 Å². The third-order valence-electron chi connectivity index (χ3n) is 3.05. The molecule has 0 amide bonds. The van der Waals surface area contributed by atoms with Crippen LogP contribution < -0.4 is 5.32 Å². The van der Waals surface area contributed by atoms with E-state index in [-0.39, 0.29) is 5.54 Å². The molecule has 0 radical (unpaired) electrons. The second kappa shape index (κ2) is 5.13. The lowest BCUT2D eigenvalue weighted by atomic mass is 10.1. The molecule has 0 aliphatic heterocycles. The van der Waals surface area contributed by atoms with Crippen molar-refractivity contribution in [3.63, 3.8) is 0 Å². The van der Waals surface area contributed by atoms with Crippen molar-refractivity contribution >= 4 is 0 Å². The lowest BCUT2D eigenvalue weighted by Gasteiger charge is -2.32. The predicted octanol–water partition coefficient (Wildman–Crippen LogP) is 2.11. The van der Waals surface area contributed by atoms with Crippen LogP contribution in [0.15, 0.2) is 0 Å². The van der Waals surface area contributed by atoms with Gasteiger partial charge in [-0.15, -0.1) is 0 Å².